The number of likely N-dealkylation sites (tertiary alicyclic amines) is 1. The zero-order chi connectivity index (χ0) is 16.9. The fourth-order valence-electron chi connectivity index (χ4n) is 2.85. The van der Waals surface area contributed by atoms with Gasteiger partial charge in [-0.1, -0.05) is 6.92 Å². The Kier molecular flexibility index (Phi) is 6.04. The van der Waals surface area contributed by atoms with E-state index in [0.717, 1.165) is 32.0 Å². The molecule has 2 rings (SSSR count). The highest BCUT2D eigenvalue weighted by Crippen LogP contribution is 2.27. The van der Waals surface area contributed by atoms with E-state index in [2.05, 4.69) is 53.7 Å². The number of nitrogens with zero attached hydrogens (tertiary/aromatic N) is 4. The smallest absolute Gasteiger partial charge is 0.194 e. The Bertz CT molecular complexity index is 497. The van der Waals surface area contributed by atoms with Crippen LogP contribution in [-0.4, -0.2) is 59.3 Å². The first kappa shape index (κ1) is 17.8. The lowest BCUT2D eigenvalue weighted by molar-refractivity contribution is 0.0307. The second kappa shape index (κ2) is 7.81. The third kappa shape index (κ3) is 4.70. The molecule has 0 spiro atoms. The largest absolute Gasteiger partial charge is 0.377 e. The van der Waals surface area contributed by atoms with Gasteiger partial charge in [0.2, 0.25) is 0 Å². The Morgan fingerprint density at radius 1 is 1.48 bits per heavy atom. The third-order valence-electron chi connectivity index (χ3n) is 4.62. The summed E-state index contributed by atoms with van der Waals surface area (Å²) in [7, 11) is 1.74. The monoisotopic (exact) mass is 321 g/mol. The first-order chi connectivity index (χ1) is 11.0. The molecule has 1 fully saturated rings. The molecule has 2 atom stereocenters. The van der Waals surface area contributed by atoms with Crippen LogP contribution in [0.5, 0.6) is 0 Å². The van der Waals surface area contributed by atoms with Gasteiger partial charge in [-0.15, -0.1) is 0 Å². The number of imidazole rings is 1. The van der Waals surface area contributed by atoms with Gasteiger partial charge in [-0.25, -0.2) is 4.98 Å². The summed E-state index contributed by atoms with van der Waals surface area (Å²) >= 11 is 0. The van der Waals surface area contributed by atoms with E-state index in [1.807, 2.05) is 12.5 Å². The quantitative estimate of drug-likeness (QED) is 0.667. The second-order valence-corrected chi connectivity index (χ2v) is 6.92. The van der Waals surface area contributed by atoms with Crippen molar-refractivity contribution in [3.63, 3.8) is 0 Å². The lowest BCUT2D eigenvalue weighted by Crippen LogP contribution is -2.49. The van der Waals surface area contributed by atoms with Gasteiger partial charge in [0.05, 0.1) is 24.5 Å². The normalized spacial score (nSPS) is 23.2. The minimum Gasteiger partial charge on any atom is -0.377 e. The molecule has 1 aliphatic rings. The number of rotatable bonds is 5. The number of methoxy groups -OCH3 is 1. The molecule has 2 unspecified atom stereocenters. The fraction of sp³-hybridized carbons (Fsp3) is 0.765. The molecule has 0 bridgehead atoms. The van der Waals surface area contributed by atoms with E-state index in [1.165, 1.54) is 0 Å². The molecule has 1 saturated heterocycles. The molecular weight excluding hydrogens is 290 g/mol. The van der Waals surface area contributed by atoms with Crippen LogP contribution in [0.3, 0.4) is 0 Å². The van der Waals surface area contributed by atoms with E-state index in [4.69, 9.17) is 9.73 Å². The van der Waals surface area contributed by atoms with E-state index in [0.29, 0.717) is 18.5 Å². The lowest BCUT2D eigenvalue weighted by Gasteiger charge is -2.39. The van der Waals surface area contributed by atoms with Crippen LogP contribution in [0.1, 0.15) is 40.2 Å². The molecule has 6 heteroatoms. The Balaban J connectivity index is 2.11. The molecule has 0 aliphatic carbocycles. The Morgan fingerprint density at radius 3 is 2.87 bits per heavy atom. The molecule has 1 aliphatic heterocycles. The highest BCUT2D eigenvalue weighted by atomic mass is 16.5. The summed E-state index contributed by atoms with van der Waals surface area (Å²) in [5.41, 5.74) is -0.243. The van der Waals surface area contributed by atoms with Crippen LogP contribution in [0.2, 0.25) is 0 Å². The maximum Gasteiger partial charge on any atom is 0.194 e. The van der Waals surface area contributed by atoms with Gasteiger partial charge in [0.1, 0.15) is 0 Å². The zero-order valence-corrected chi connectivity index (χ0v) is 15.1. The maximum absolute atomic E-state index is 5.48. The Hall–Kier alpha value is -1.56. The van der Waals surface area contributed by atoms with Gasteiger partial charge in [0.25, 0.3) is 0 Å². The van der Waals surface area contributed by atoms with E-state index in [9.17, 15) is 0 Å². The predicted octanol–water partition coefficient (Wildman–Crippen LogP) is 2.16. The number of ether oxygens (including phenoxy) is 1. The molecule has 23 heavy (non-hydrogen) atoms. The van der Waals surface area contributed by atoms with E-state index < -0.39 is 0 Å². The van der Waals surface area contributed by atoms with Gasteiger partial charge in [-0.2, -0.15) is 0 Å². The molecule has 0 aromatic carbocycles. The Morgan fingerprint density at radius 2 is 2.26 bits per heavy atom. The van der Waals surface area contributed by atoms with Crippen molar-refractivity contribution in [2.24, 2.45) is 10.9 Å². The van der Waals surface area contributed by atoms with Crippen LogP contribution in [0, 0.1) is 5.92 Å². The van der Waals surface area contributed by atoms with E-state index in [1.54, 1.807) is 7.11 Å². The number of aromatic nitrogens is 2. The number of hydrogen-bond donors (Lipinski definition) is 1. The zero-order valence-electron chi connectivity index (χ0n) is 15.1. The van der Waals surface area contributed by atoms with Crippen LogP contribution < -0.4 is 5.32 Å². The molecule has 0 amide bonds. The Labute approximate surface area is 139 Å². The first-order valence-corrected chi connectivity index (χ1v) is 8.52. The molecule has 1 aromatic rings. The molecule has 130 valence electrons. The highest BCUT2D eigenvalue weighted by Gasteiger charge is 2.29. The van der Waals surface area contributed by atoms with Crippen molar-refractivity contribution >= 4 is 5.96 Å². The summed E-state index contributed by atoms with van der Waals surface area (Å²) in [6.45, 7) is 12.1. The summed E-state index contributed by atoms with van der Waals surface area (Å²) in [6.07, 6.45) is 6.98. The van der Waals surface area contributed by atoms with Gasteiger partial charge < -0.3 is 19.5 Å². The number of nitrogens with one attached hydrogen (secondary N) is 1. The van der Waals surface area contributed by atoms with Crippen LogP contribution in [0.25, 0.3) is 0 Å². The first-order valence-electron chi connectivity index (χ1n) is 8.52. The summed E-state index contributed by atoms with van der Waals surface area (Å²) in [5, 5.41) is 3.43. The topological polar surface area (TPSA) is 54.7 Å². The third-order valence-corrected chi connectivity index (χ3v) is 4.62. The van der Waals surface area contributed by atoms with Crippen molar-refractivity contribution < 1.29 is 4.74 Å². The van der Waals surface area contributed by atoms with Crippen molar-refractivity contribution in [3.05, 3.63) is 18.7 Å². The average molecular weight is 321 g/mol. The van der Waals surface area contributed by atoms with Crippen molar-refractivity contribution in [2.45, 2.75) is 45.8 Å². The second-order valence-electron chi connectivity index (χ2n) is 6.92. The van der Waals surface area contributed by atoms with Crippen LogP contribution in [0.15, 0.2) is 23.7 Å². The predicted molar refractivity (Wildman–Crippen MR) is 93.7 cm³/mol. The molecule has 1 aromatic heterocycles. The van der Waals surface area contributed by atoms with Gasteiger partial charge in [-0.3, -0.25) is 4.99 Å². The van der Waals surface area contributed by atoms with Crippen molar-refractivity contribution in [2.75, 3.05) is 33.3 Å². The maximum atomic E-state index is 5.48. The summed E-state index contributed by atoms with van der Waals surface area (Å²) in [6, 6.07) is 0.436. The molecule has 6 nitrogen and oxygen atoms in total. The lowest BCUT2D eigenvalue weighted by atomic mass is 9.93. The summed E-state index contributed by atoms with van der Waals surface area (Å²) in [5.74, 6) is 1.62. The SMILES string of the molecule is CCNC(=NCC(C)(C)OC)N1CCC(C)C(n2ccnc2)C1. The summed E-state index contributed by atoms with van der Waals surface area (Å²) in [4.78, 5) is 11.4. The van der Waals surface area contributed by atoms with Gasteiger partial charge in [0, 0.05) is 39.1 Å². The molecule has 0 radical (unpaired) electrons. The van der Waals surface area contributed by atoms with E-state index >= 15 is 0 Å². The minimum absolute atomic E-state index is 0.243. The van der Waals surface area contributed by atoms with Crippen molar-refractivity contribution in [3.8, 4) is 0 Å². The standard InChI is InChI=1S/C17H31N5O/c1-6-19-16(20-12-17(3,4)23-5)21-9-7-14(2)15(11-21)22-10-8-18-13-22/h8,10,13-15H,6-7,9,11-12H2,1-5H3,(H,19,20). The van der Waals surface area contributed by atoms with Crippen LogP contribution in [-0.2, 0) is 4.74 Å². The van der Waals surface area contributed by atoms with Crippen LogP contribution >= 0.6 is 0 Å². The molecule has 2 heterocycles. The fourth-order valence-corrected chi connectivity index (χ4v) is 2.85. The average Bonchev–Trinajstić information content (AvgIpc) is 3.06. The van der Waals surface area contributed by atoms with Crippen molar-refractivity contribution in [1.82, 2.24) is 19.8 Å². The van der Waals surface area contributed by atoms with Crippen molar-refractivity contribution in [1.29, 1.82) is 0 Å². The minimum atomic E-state index is -0.243. The number of piperidine rings is 1. The highest BCUT2D eigenvalue weighted by molar-refractivity contribution is 5.80. The molecular formula is C17H31N5O. The number of guanidine groups is 1. The van der Waals surface area contributed by atoms with E-state index in [-0.39, 0.29) is 5.60 Å². The molecule has 0 saturated carbocycles. The number of aliphatic imine (C=N–C) groups is 1. The number of hydrogen-bond acceptors (Lipinski definition) is 3. The van der Waals surface area contributed by atoms with Crippen LogP contribution in [0.4, 0.5) is 0 Å². The van der Waals surface area contributed by atoms with Gasteiger partial charge in [0.15, 0.2) is 5.96 Å². The molecule has 1 N–H and O–H groups in total. The summed E-state index contributed by atoms with van der Waals surface area (Å²) < 4.78 is 7.71. The van der Waals surface area contributed by atoms with Gasteiger partial charge >= 0.3 is 0 Å². The van der Waals surface area contributed by atoms with Gasteiger partial charge in [-0.05, 0) is 33.1 Å².